The second-order valence-electron chi connectivity index (χ2n) is 3.78. The summed E-state index contributed by atoms with van der Waals surface area (Å²) in [6.45, 7) is 0. The van der Waals surface area contributed by atoms with Crippen LogP contribution in [0.4, 0.5) is 0 Å². The van der Waals surface area contributed by atoms with E-state index < -0.39 is 5.97 Å². The van der Waals surface area contributed by atoms with Gasteiger partial charge in [-0.3, -0.25) is 0 Å². The van der Waals surface area contributed by atoms with Crippen molar-refractivity contribution < 1.29 is 14.4 Å². The number of halogens is 1. The average Bonchev–Trinajstić information content (AvgIpc) is 2.96. The van der Waals surface area contributed by atoms with Crippen LogP contribution in [0.25, 0.3) is 22.2 Å². The van der Waals surface area contributed by atoms with Gasteiger partial charge in [-0.15, -0.1) is 0 Å². The smallest absolute Gasteiger partial charge is 0.374 e. The summed E-state index contributed by atoms with van der Waals surface area (Å²) in [4.78, 5) is 13.8. The van der Waals surface area contributed by atoms with E-state index in [-0.39, 0.29) is 5.76 Å². The summed E-state index contributed by atoms with van der Waals surface area (Å²) >= 11 is 3.43. The molecule has 3 rings (SSSR count). The van der Waals surface area contributed by atoms with Crippen LogP contribution >= 0.6 is 15.9 Å². The van der Waals surface area contributed by atoms with Crippen molar-refractivity contribution in [2.45, 2.75) is 0 Å². The second-order valence-corrected chi connectivity index (χ2v) is 4.63. The first-order chi connectivity index (χ1) is 8.65. The predicted octanol–water partition coefficient (Wildman–Crippen LogP) is 3.28. The van der Waals surface area contributed by atoms with Crippen molar-refractivity contribution in [2.75, 3.05) is 0 Å². The molecule has 2 heterocycles. The number of hydrogen-bond donors (Lipinski definition) is 2. The van der Waals surface area contributed by atoms with Crippen LogP contribution < -0.4 is 0 Å². The summed E-state index contributed by atoms with van der Waals surface area (Å²) in [6.07, 6.45) is 1.85. The van der Waals surface area contributed by atoms with Gasteiger partial charge in [-0.2, -0.15) is 0 Å². The second kappa shape index (κ2) is 3.99. The van der Waals surface area contributed by atoms with E-state index in [4.69, 9.17) is 9.63 Å². The summed E-state index contributed by atoms with van der Waals surface area (Å²) in [5.41, 5.74) is 2.30. The summed E-state index contributed by atoms with van der Waals surface area (Å²) in [7, 11) is 0. The molecule has 0 bridgehead atoms. The maximum absolute atomic E-state index is 10.7. The molecule has 0 aliphatic carbocycles. The van der Waals surface area contributed by atoms with E-state index >= 15 is 0 Å². The maximum Gasteiger partial charge on any atom is 0.374 e. The maximum atomic E-state index is 10.7. The Morgan fingerprint density at radius 1 is 1.39 bits per heavy atom. The lowest BCUT2D eigenvalue weighted by molar-refractivity contribution is 0.0652. The van der Waals surface area contributed by atoms with Crippen LogP contribution in [0.2, 0.25) is 0 Å². The summed E-state index contributed by atoms with van der Waals surface area (Å²) in [5.74, 6) is -1.30. The number of carboxylic acid groups (broad SMARTS) is 1. The minimum Gasteiger partial charge on any atom is -0.475 e. The molecule has 0 amide bonds. The molecule has 0 radical (unpaired) electrons. The highest BCUT2D eigenvalue weighted by Gasteiger charge is 2.13. The fraction of sp³-hybridized carbons (Fsp3) is 0. The number of fused-ring (bicyclic) bond motifs is 1. The Labute approximate surface area is 110 Å². The first-order valence-electron chi connectivity index (χ1n) is 5.12. The minimum absolute atomic E-state index is 0.168. The quantitative estimate of drug-likeness (QED) is 0.761. The van der Waals surface area contributed by atoms with Crippen molar-refractivity contribution >= 4 is 32.8 Å². The number of carboxylic acids is 1. The Morgan fingerprint density at radius 2 is 2.22 bits per heavy atom. The van der Waals surface area contributed by atoms with Crippen molar-refractivity contribution in [3.05, 3.63) is 40.7 Å². The van der Waals surface area contributed by atoms with Gasteiger partial charge in [0.05, 0.1) is 0 Å². The lowest BCUT2D eigenvalue weighted by Gasteiger charge is -1.96. The zero-order valence-electron chi connectivity index (χ0n) is 8.98. The Balaban J connectivity index is 2.12. The van der Waals surface area contributed by atoms with E-state index in [1.165, 1.54) is 6.07 Å². The van der Waals surface area contributed by atoms with Gasteiger partial charge in [0.25, 0.3) is 0 Å². The van der Waals surface area contributed by atoms with Crippen molar-refractivity contribution in [2.24, 2.45) is 0 Å². The standard InChI is InChI=1S/C12H7BrN2O3/c13-8-5-14-9-2-1-6(3-7(8)9)10-4-11(12(16)17)18-15-10/h1-5,14H,(H,16,17). The van der Waals surface area contributed by atoms with E-state index in [1.54, 1.807) is 0 Å². The van der Waals surface area contributed by atoms with Crippen molar-refractivity contribution in [3.8, 4) is 11.3 Å². The fourth-order valence-corrected chi connectivity index (χ4v) is 2.20. The minimum atomic E-state index is -1.13. The molecule has 1 aromatic carbocycles. The van der Waals surface area contributed by atoms with Crippen molar-refractivity contribution in [1.29, 1.82) is 0 Å². The number of rotatable bonds is 2. The number of H-pyrrole nitrogens is 1. The van der Waals surface area contributed by atoms with Crippen LogP contribution in [0.1, 0.15) is 10.6 Å². The molecular formula is C12H7BrN2O3. The molecule has 0 spiro atoms. The SMILES string of the molecule is O=C(O)c1cc(-c2ccc3[nH]cc(Br)c3c2)no1. The Hall–Kier alpha value is -2.08. The predicted molar refractivity (Wildman–Crippen MR) is 68.5 cm³/mol. The Kier molecular flexibility index (Phi) is 2.45. The largest absolute Gasteiger partial charge is 0.475 e. The summed E-state index contributed by atoms with van der Waals surface area (Å²) in [6, 6.07) is 7.09. The molecule has 2 N–H and O–H groups in total. The van der Waals surface area contributed by atoms with Crippen LogP contribution in [-0.2, 0) is 0 Å². The number of aromatic carboxylic acids is 1. The lowest BCUT2D eigenvalue weighted by Crippen LogP contribution is -1.91. The van der Waals surface area contributed by atoms with Crippen molar-refractivity contribution in [3.63, 3.8) is 0 Å². The first-order valence-corrected chi connectivity index (χ1v) is 5.91. The van der Waals surface area contributed by atoms with Crippen LogP contribution in [0, 0.1) is 0 Å². The van der Waals surface area contributed by atoms with Gasteiger partial charge in [0.15, 0.2) is 0 Å². The fourth-order valence-electron chi connectivity index (χ4n) is 1.76. The average molecular weight is 307 g/mol. The zero-order valence-corrected chi connectivity index (χ0v) is 10.6. The number of nitrogens with zero attached hydrogens (tertiary/aromatic N) is 1. The Morgan fingerprint density at radius 3 is 2.94 bits per heavy atom. The van der Waals surface area contributed by atoms with Gasteiger partial charge in [-0.25, -0.2) is 4.79 Å². The number of carbonyl (C=O) groups is 1. The third-order valence-electron chi connectivity index (χ3n) is 2.65. The molecule has 3 aromatic rings. The number of benzene rings is 1. The number of nitrogens with one attached hydrogen (secondary N) is 1. The molecule has 0 unspecified atom stereocenters. The third-order valence-corrected chi connectivity index (χ3v) is 3.30. The lowest BCUT2D eigenvalue weighted by atomic mass is 10.1. The normalized spacial score (nSPS) is 10.9. The number of aromatic nitrogens is 2. The van der Waals surface area contributed by atoms with Crippen LogP contribution in [0.3, 0.4) is 0 Å². The molecular weight excluding hydrogens is 300 g/mol. The topological polar surface area (TPSA) is 79.1 Å². The number of aromatic amines is 1. The van der Waals surface area contributed by atoms with E-state index in [0.29, 0.717) is 5.69 Å². The molecule has 0 saturated carbocycles. The number of hydrogen-bond acceptors (Lipinski definition) is 3. The zero-order chi connectivity index (χ0) is 12.7. The van der Waals surface area contributed by atoms with Gasteiger partial charge >= 0.3 is 5.97 Å². The van der Waals surface area contributed by atoms with E-state index in [0.717, 1.165) is 20.9 Å². The molecule has 18 heavy (non-hydrogen) atoms. The van der Waals surface area contributed by atoms with E-state index in [2.05, 4.69) is 26.1 Å². The van der Waals surface area contributed by atoms with Gasteiger partial charge in [-0.05, 0) is 28.1 Å². The van der Waals surface area contributed by atoms with Gasteiger partial charge in [0, 0.05) is 33.2 Å². The monoisotopic (exact) mass is 306 g/mol. The summed E-state index contributed by atoms with van der Waals surface area (Å²) in [5, 5.41) is 13.5. The van der Waals surface area contributed by atoms with Crippen LogP contribution in [0.15, 0.2) is 39.5 Å². The van der Waals surface area contributed by atoms with Gasteiger partial charge in [-0.1, -0.05) is 11.2 Å². The molecule has 6 heteroatoms. The summed E-state index contributed by atoms with van der Waals surface area (Å²) < 4.78 is 5.68. The first kappa shape index (κ1) is 11.0. The van der Waals surface area contributed by atoms with E-state index in [9.17, 15) is 4.79 Å². The van der Waals surface area contributed by atoms with E-state index in [1.807, 2.05) is 24.4 Å². The molecule has 2 aromatic heterocycles. The molecule has 90 valence electrons. The highest BCUT2D eigenvalue weighted by Crippen LogP contribution is 2.28. The van der Waals surface area contributed by atoms with Gasteiger partial charge < -0.3 is 14.6 Å². The third kappa shape index (κ3) is 1.70. The highest BCUT2D eigenvalue weighted by atomic mass is 79.9. The molecule has 0 aliphatic heterocycles. The van der Waals surface area contributed by atoms with Crippen molar-refractivity contribution in [1.82, 2.24) is 10.1 Å². The molecule has 0 atom stereocenters. The molecule has 5 nitrogen and oxygen atoms in total. The highest BCUT2D eigenvalue weighted by molar-refractivity contribution is 9.10. The molecule has 0 saturated heterocycles. The van der Waals surface area contributed by atoms with Crippen LogP contribution in [0.5, 0.6) is 0 Å². The molecule has 0 aliphatic rings. The van der Waals surface area contributed by atoms with Gasteiger partial charge in [0.1, 0.15) is 5.69 Å². The van der Waals surface area contributed by atoms with Gasteiger partial charge in [0.2, 0.25) is 5.76 Å². The Bertz CT molecular complexity index is 745. The van der Waals surface area contributed by atoms with Crippen LogP contribution in [-0.4, -0.2) is 21.2 Å². The molecule has 0 fully saturated rings.